The van der Waals surface area contributed by atoms with Gasteiger partial charge in [-0.05, 0) is 33.2 Å². The highest BCUT2D eigenvalue weighted by atomic mass is 16.5. The second-order valence-electron chi connectivity index (χ2n) is 6.19. The molecule has 3 rings (SSSR count). The molecular weight excluding hydrogens is 290 g/mol. The van der Waals surface area contributed by atoms with Gasteiger partial charge in [-0.15, -0.1) is 0 Å². The number of benzene rings is 1. The molecule has 5 heteroatoms. The van der Waals surface area contributed by atoms with Crippen LogP contribution in [0.2, 0.25) is 0 Å². The van der Waals surface area contributed by atoms with Gasteiger partial charge in [-0.1, -0.05) is 35.0 Å². The number of carbonyl (C=O) groups is 1. The number of nitrogens with zero attached hydrogens (tertiary/aromatic N) is 1. The van der Waals surface area contributed by atoms with Gasteiger partial charge in [0.25, 0.3) is 0 Å². The van der Waals surface area contributed by atoms with E-state index < -0.39 is 5.54 Å². The number of aromatic nitrogens is 1. The Bertz CT molecular complexity index is 670. The van der Waals surface area contributed by atoms with Gasteiger partial charge >= 0.3 is 0 Å². The maximum atomic E-state index is 12.5. The molecule has 1 saturated heterocycles. The number of hydrogen-bond acceptors (Lipinski definition) is 4. The second kappa shape index (κ2) is 6.54. The summed E-state index contributed by atoms with van der Waals surface area (Å²) in [7, 11) is 0. The second-order valence-corrected chi connectivity index (χ2v) is 6.19. The molecule has 1 aliphatic heterocycles. The Balaban J connectivity index is 1.79. The molecule has 1 fully saturated rings. The summed E-state index contributed by atoms with van der Waals surface area (Å²) in [5.74, 6) is 0.784. The quantitative estimate of drug-likeness (QED) is 0.890. The van der Waals surface area contributed by atoms with Crippen LogP contribution < -0.4 is 10.6 Å². The molecule has 5 nitrogen and oxygen atoms in total. The summed E-state index contributed by atoms with van der Waals surface area (Å²) in [6.45, 7) is 5.48. The molecule has 0 bridgehead atoms. The minimum Gasteiger partial charge on any atom is -0.361 e. The van der Waals surface area contributed by atoms with E-state index in [4.69, 9.17) is 4.52 Å². The van der Waals surface area contributed by atoms with Gasteiger partial charge in [-0.3, -0.25) is 4.79 Å². The van der Waals surface area contributed by atoms with Crippen LogP contribution in [0.15, 0.2) is 34.9 Å². The Morgan fingerprint density at radius 3 is 2.83 bits per heavy atom. The SMILES string of the molecule is CCNC(=O)C1(Cc2cc(-c3ccc(C)cc3)no2)CCCN1. The highest BCUT2D eigenvalue weighted by Gasteiger charge is 2.41. The molecule has 2 heterocycles. The van der Waals surface area contributed by atoms with Crippen molar-refractivity contribution in [3.63, 3.8) is 0 Å². The zero-order valence-corrected chi connectivity index (χ0v) is 13.7. The van der Waals surface area contributed by atoms with Crippen molar-refractivity contribution in [2.75, 3.05) is 13.1 Å². The maximum absolute atomic E-state index is 12.5. The fraction of sp³-hybridized carbons (Fsp3) is 0.444. The van der Waals surface area contributed by atoms with E-state index in [0.29, 0.717) is 13.0 Å². The summed E-state index contributed by atoms with van der Waals surface area (Å²) in [5, 5.41) is 10.4. The molecule has 1 unspecified atom stereocenters. The molecule has 0 radical (unpaired) electrons. The topological polar surface area (TPSA) is 67.2 Å². The molecule has 1 atom stereocenters. The van der Waals surface area contributed by atoms with E-state index in [0.717, 1.165) is 36.4 Å². The smallest absolute Gasteiger partial charge is 0.240 e. The van der Waals surface area contributed by atoms with Crippen LogP contribution in [-0.4, -0.2) is 29.7 Å². The predicted molar refractivity (Wildman–Crippen MR) is 89.0 cm³/mol. The molecule has 0 aliphatic carbocycles. The number of carbonyl (C=O) groups excluding carboxylic acids is 1. The predicted octanol–water partition coefficient (Wildman–Crippen LogP) is 2.45. The average Bonchev–Trinajstić information content (AvgIpc) is 3.19. The minimum atomic E-state index is -0.569. The fourth-order valence-corrected chi connectivity index (χ4v) is 3.12. The fourth-order valence-electron chi connectivity index (χ4n) is 3.12. The average molecular weight is 313 g/mol. The molecule has 122 valence electrons. The molecular formula is C18H23N3O2. The third-order valence-electron chi connectivity index (χ3n) is 4.40. The van der Waals surface area contributed by atoms with Crippen LogP contribution in [0.1, 0.15) is 31.1 Å². The lowest BCUT2D eigenvalue weighted by molar-refractivity contribution is -0.127. The molecule has 1 aliphatic rings. The van der Waals surface area contributed by atoms with Gasteiger partial charge in [0.05, 0.1) is 0 Å². The molecule has 0 saturated carbocycles. The summed E-state index contributed by atoms with van der Waals surface area (Å²) in [4.78, 5) is 12.5. The van der Waals surface area contributed by atoms with Crippen LogP contribution in [0.5, 0.6) is 0 Å². The first-order valence-corrected chi connectivity index (χ1v) is 8.19. The minimum absolute atomic E-state index is 0.0470. The Hall–Kier alpha value is -2.14. The Kier molecular flexibility index (Phi) is 4.48. The molecule has 2 aromatic rings. The van der Waals surface area contributed by atoms with Gasteiger partial charge in [-0.2, -0.15) is 0 Å². The molecule has 1 amide bonds. The highest BCUT2D eigenvalue weighted by Crippen LogP contribution is 2.27. The Morgan fingerprint density at radius 1 is 1.39 bits per heavy atom. The standard InChI is InChI=1S/C18H23N3O2/c1-3-19-17(22)18(9-4-10-20-18)12-15-11-16(21-23-15)14-7-5-13(2)6-8-14/h5-8,11,20H,3-4,9-10,12H2,1-2H3,(H,19,22). The number of aryl methyl sites for hydroxylation is 1. The third kappa shape index (κ3) is 3.29. The van der Waals surface area contributed by atoms with Crippen LogP contribution in [0.3, 0.4) is 0 Å². The van der Waals surface area contributed by atoms with Gasteiger partial charge in [0.1, 0.15) is 17.0 Å². The van der Waals surface area contributed by atoms with Gasteiger partial charge in [0.15, 0.2) is 0 Å². The molecule has 0 spiro atoms. The highest BCUT2D eigenvalue weighted by molar-refractivity contribution is 5.87. The van der Waals surface area contributed by atoms with Crippen molar-refractivity contribution in [3.05, 3.63) is 41.7 Å². The number of rotatable bonds is 5. The van der Waals surface area contributed by atoms with Crippen LogP contribution in [0.25, 0.3) is 11.3 Å². The molecule has 2 N–H and O–H groups in total. The lowest BCUT2D eigenvalue weighted by Crippen LogP contribution is -2.55. The first kappa shape index (κ1) is 15.7. The number of hydrogen-bond donors (Lipinski definition) is 2. The molecule has 1 aromatic heterocycles. The zero-order valence-electron chi connectivity index (χ0n) is 13.7. The zero-order chi connectivity index (χ0) is 16.3. The van der Waals surface area contributed by atoms with Crippen molar-refractivity contribution >= 4 is 5.91 Å². The van der Waals surface area contributed by atoms with Gasteiger partial charge < -0.3 is 15.2 Å². The van der Waals surface area contributed by atoms with E-state index in [1.165, 1.54) is 5.56 Å². The third-order valence-corrected chi connectivity index (χ3v) is 4.40. The van der Waals surface area contributed by atoms with Gasteiger partial charge in [0.2, 0.25) is 5.91 Å². The van der Waals surface area contributed by atoms with E-state index >= 15 is 0 Å². The van der Waals surface area contributed by atoms with Crippen molar-refractivity contribution in [2.45, 2.75) is 38.6 Å². The normalized spacial score (nSPS) is 20.6. The van der Waals surface area contributed by atoms with E-state index in [-0.39, 0.29) is 5.91 Å². The molecule has 1 aromatic carbocycles. The van der Waals surface area contributed by atoms with E-state index in [2.05, 4.69) is 34.8 Å². The lowest BCUT2D eigenvalue weighted by atomic mass is 9.90. The first-order valence-electron chi connectivity index (χ1n) is 8.19. The summed E-state index contributed by atoms with van der Waals surface area (Å²) in [6, 6.07) is 10.1. The van der Waals surface area contributed by atoms with Crippen molar-refractivity contribution in [1.29, 1.82) is 0 Å². The van der Waals surface area contributed by atoms with Crippen LogP contribution in [0, 0.1) is 6.92 Å². The molecule has 23 heavy (non-hydrogen) atoms. The summed E-state index contributed by atoms with van der Waals surface area (Å²) < 4.78 is 5.49. The Labute approximate surface area is 136 Å². The van der Waals surface area contributed by atoms with Crippen LogP contribution >= 0.6 is 0 Å². The summed E-state index contributed by atoms with van der Waals surface area (Å²) >= 11 is 0. The van der Waals surface area contributed by atoms with Crippen molar-refractivity contribution in [1.82, 2.24) is 15.8 Å². The monoisotopic (exact) mass is 313 g/mol. The van der Waals surface area contributed by atoms with Crippen LogP contribution in [-0.2, 0) is 11.2 Å². The van der Waals surface area contributed by atoms with E-state index in [9.17, 15) is 4.79 Å². The number of amides is 1. The maximum Gasteiger partial charge on any atom is 0.240 e. The number of likely N-dealkylation sites (N-methyl/N-ethyl adjacent to an activating group) is 1. The lowest BCUT2D eigenvalue weighted by Gasteiger charge is -2.26. The largest absolute Gasteiger partial charge is 0.361 e. The van der Waals surface area contributed by atoms with Gasteiger partial charge in [0, 0.05) is 24.6 Å². The van der Waals surface area contributed by atoms with E-state index in [1.54, 1.807) is 0 Å². The Morgan fingerprint density at radius 2 is 2.17 bits per heavy atom. The van der Waals surface area contributed by atoms with E-state index in [1.807, 2.05) is 25.1 Å². The summed E-state index contributed by atoms with van der Waals surface area (Å²) in [6.07, 6.45) is 2.34. The van der Waals surface area contributed by atoms with Crippen molar-refractivity contribution in [2.24, 2.45) is 0 Å². The first-order chi connectivity index (χ1) is 11.1. The van der Waals surface area contributed by atoms with Crippen molar-refractivity contribution < 1.29 is 9.32 Å². The van der Waals surface area contributed by atoms with Gasteiger partial charge in [-0.25, -0.2) is 0 Å². The summed E-state index contributed by atoms with van der Waals surface area (Å²) in [5.41, 5.74) is 2.48. The van der Waals surface area contributed by atoms with Crippen molar-refractivity contribution in [3.8, 4) is 11.3 Å². The van der Waals surface area contributed by atoms with Crippen LogP contribution in [0.4, 0.5) is 0 Å². The number of nitrogens with one attached hydrogen (secondary N) is 2.